The number of rotatable bonds is 2. The molecule has 0 amide bonds. The van der Waals surface area contributed by atoms with Crippen molar-refractivity contribution in [2.75, 3.05) is 0 Å². The Morgan fingerprint density at radius 1 is 0.833 bits per heavy atom. The predicted octanol–water partition coefficient (Wildman–Crippen LogP) is 4.18. The zero-order valence-electron chi connectivity index (χ0n) is 7.11. The molecule has 0 aromatic rings. The Morgan fingerprint density at radius 3 is 0.917 bits per heavy atom. The topological polar surface area (TPSA) is 0 Å². The molecule has 0 saturated heterocycles. The van der Waals surface area contributed by atoms with Gasteiger partial charge in [0, 0.05) is 0 Å². The summed E-state index contributed by atoms with van der Waals surface area (Å²) >= 11 is 10.7. The van der Waals surface area contributed by atoms with Crippen LogP contribution in [0.4, 0.5) is 0 Å². The van der Waals surface area contributed by atoms with Gasteiger partial charge in [-0.05, 0) is 39.5 Å². The first-order valence-corrected chi connectivity index (χ1v) is 9.99. The van der Waals surface area contributed by atoms with Crippen molar-refractivity contribution in [3.05, 3.63) is 39.5 Å². The monoisotopic (exact) mass is 480 g/mol. The van der Waals surface area contributed by atoms with Crippen LogP contribution in [0.3, 0.4) is 0 Å². The van der Waals surface area contributed by atoms with Crippen molar-refractivity contribution in [1.82, 2.24) is 0 Å². The van der Waals surface area contributed by atoms with Crippen LogP contribution in [0, 0.1) is 39.5 Å². The third kappa shape index (κ3) is 85.2. The molecule has 0 aliphatic rings. The zero-order valence-corrected chi connectivity index (χ0v) is 13.4. The molecule has 0 nitrogen and oxygen atoms in total. The summed E-state index contributed by atoms with van der Waals surface area (Å²) in [4.78, 5) is 0. The summed E-state index contributed by atoms with van der Waals surface area (Å²) in [5.41, 5.74) is 0. The van der Waals surface area contributed by atoms with E-state index in [0.29, 0.717) is 0 Å². The van der Waals surface area contributed by atoms with Crippen molar-refractivity contribution >= 4 is 26.9 Å². The van der Waals surface area contributed by atoms with Gasteiger partial charge in [-0.1, -0.05) is 13.8 Å². The first-order valence-electron chi connectivity index (χ1n) is 2.88. The maximum atomic E-state index is 3.42. The van der Waals surface area contributed by atoms with E-state index < -0.39 is 0 Å². The molecule has 0 aromatic carbocycles. The van der Waals surface area contributed by atoms with E-state index >= 15 is 0 Å². The zero-order chi connectivity index (χ0) is 10.8. The van der Waals surface area contributed by atoms with Gasteiger partial charge in [0.05, 0.1) is 0 Å². The van der Waals surface area contributed by atoms with Crippen LogP contribution < -0.4 is 0 Å². The maximum absolute atomic E-state index is 3.42. The van der Waals surface area contributed by atoms with Gasteiger partial charge in [0.25, 0.3) is 0 Å². The van der Waals surface area contributed by atoms with Crippen molar-refractivity contribution in [2.24, 2.45) is 0 Å². The van der Waals surface area contributed by atoms with Crippen LogP contribution in [0.1, 0.15) is 13.8 Å². The molecular formula is C8H14Br2Pd2+2. The smallest absolute Gasteiger partial charge is 0.0355 e. The van der Waals surface area contributed by atoms with E-state index in [0.717, 1.165) is 0 Å². The minimum Gasteiger partial charge on any atom is -0.0620 e. The van der Waals surface area contributed by atoms with E-state index in [-0.39, 0.29) is 0 Å². The van der Waals surface area contributed by atoms with Gasteiger partial charge in [-0.15, -0.1) is 0 Å². The SMILES string of the molecule is [Br][Pd+].[Br][Pd+].[CH2][CH][CH]C.[CH2][CH][CH]C. The van der Waals surface area contributed by atoms with Crippen LogP contribution >= 0.6 is 26.9 Å². The van der Waals surface area contributed by atoms with Crippen molar-refractivity contribution in [3.8, 4) is 0 Å². The molecule has 0 atom stereocenters. The molecule has 0 N–H and O–H groups in total. The molecule has 12 heavy (non-hydrogen) atoms. The second-order valence-electron chi connectivity index (χ2n) is 1.14. The molecule has 6 radical (unpaired) electrons. The molecule has 0 fully saturated rings. The summed E-state index contributed by atoms with van der Waals surface area (Å²) in [6.45, 7) is 10.7. The Kier molecular flexibility index (Phi) is 101. The molecule has 0 unspecified atom stereocenters. The fourth-order valence-electron chi connectivity index (χ4n) is 0. The van der Waals surface area contributed by atoms with E-state index in [2.05, 4.69) is 75.1 Å². The van der Waals surface area contributed by atoms with Gasteiger partial charge in [-0.25, -0.2) is 0 Å². The molecule has 78 valence electrons. The third-order valence-corrected chi connectivity index (χ3v) is 0.471. The summed E-state index contributed by atoms with van der Waals surface area (Å²) in [6.07, 6.45) is 7.28. The molecular weight excluding hydrogens is 469 g/mol. The molecule has 0 heterocycles. The Bertz CT molecular complexity index is 23.0. The number of hydrogen-bond donors (Lipinski definition) is 0. The predicted molar refractivity (Wildman–Crippen MR) is 57.1 cm³/mol. The van der Waals surface area contributed by atoms with Gasteiger partial charge in [0.15, 0.2) is 0 Å². The molecule has 0 aliphatic carbocycles. The van der Waals surface area contributed by atoms with Crippen LogP contribution in [-0.2, 0) is 34.4 Å². The van der Waals surface area contributed by atoms with Gasteiger partial charge < -0.3 is 0 Å². The fraction of sp³-hybridized carbons (Fsp3) is 0.250. The second-order valence-corrected chi connectivity index (χ2v) is 1.14. The van der Waals surface area contributed by atoms with Crippen LogP contribution in [0.15, 0.2) is 0 Å². The first-order chi connectivity index (χ1) is 5.83. The summed E-state index contributed by atoms with van der Waals surface area (Å²) < 4.78 is 0. The summed E-state index contributed by atoms with van der Waals surface area (Å²) in [5, 5.41) is 0. The normalized spacial score (nSPS) is 6.17. The molecule has 0 saturated carbocycles. The van der Waals surface area contributed by atoms with E-state index in [1.165, 1.54) is 0 Å². The summed E-state index contributed by atoms with van der Waals surface area (Å²) in [7, 11) is 0. The largest absolute Gasteiger partial charge is 0.0620 e. The van der Waals surface area contributed by atoms with Gasteiger partial charge in [-0.2, -0.15) is 0 Å². The van der Waals surface area contributed by atoms with Crippen LogP contribution in [0.2, 0.25) is 0 Å². The molecule has 0 aliphatic heterocycles. The van der Waals surface area contributed by atoms with Crippen molar-refractivity contribution in [1.29, 1.82) is 0 Å². The molecule has 0 spiro atoms. The van der Waals surface area contributed by atoms with Crippen molar-refractivity contribution < 1.29 is 34.4 Å². The number of halogens is 2. The van der Waals surface area contributed by atoms with Crippen molar-refractivity contribution in [2.45, 2.75) is 13.8 Å². The van der Waals surface area contributed by atoms with Gasteiger partial charge >= 0.3 is 61.2 Å². The molecule has 0 rings (SSSR count). The standard InChI is InChI=1S/2C4H7.2BrH.2Pd/c2*1-3-4-2;;;;/h2*3-4H,1H2,2H3;2*1H;;/q;;;;2*+2/p-2. The minimum atomic E-state index is 1.75. The van der Waals surface area contributed by atoms with Gasteiger partial charge in [-0.3, -0.25) is 0 Å². The van der Waals surface area contributed by atoms with Crippen LogP contribution in [0.25, 0.3) is 0 Å². The second kappa shape index (κ2) is 50.8. The van der Waals surface area contributed by atoms with Gasteiger partial charge in [0.1, 0.15) is 0 Å². The Hall–Kier alpha value is 2.28. The average molecular weight is 483 g/mol. The average Bonchev–Trinajstić information content (AvgIpc) is 2.23. The van der Waals surface area contributed by atoms with Crippen LogP contribution in [-0.4, -0.2) is 0 Å². The quantitative estimate of drug-likeness (QED) is 0.518. The van der Waals surface area contributed by atoms with E-state index in [1.54, 1.807) is 12.8 Å². The van der Waals surface area contributed by atoms with Gasteiger partial charge in [0.2, 0.25) is 0 Å². The maximum Gasteiger partial charge on any atom is -0.0355 e. The Morgan fingerprint density at radius 2 is 0.917 bits per heavy atom. The molecule has 4 heteroatoms. The number of unbranched alkanes of at least 4 members (excludes halogenated alkanes) is 2. The van der Waals surface area contributed by atoms with E-state index in [9.17, 15) is 0 Å². The summed E-state index contributed by atoms with van der Waals surface area (Å²) in [6, 6.07) is 0. The van der Waals surface area contributed by atoms with E-state index in [1.807, 2.05) is 26.7 Å². The molecule has 0 aromatic heterocycles. The van der Waals surface area contributed by atoms with Crippen LogP contribution in [0.5, 0.6) is 0 Å². The summed E-state index contributed by atoms with van der Waals surface area (Å²) in [5.74, 6) is 0. The fourth-order valence-corrected chi connectivity index (χ4v) is 0. The molecule has 0 bridgehead atoms. The first kappa shape index (κ1) is 23.8. The van der Waals surface area contributed by atoms with Crippen molar-refractivity contribution in [3.63, 3.8) is 0 Å². The Balaban J connectivity index is -0.0000000380. The number of hydrogen-bond acceptors (Lipinski definition) is 0. The van der Waals surface area contributed by atoms with E-state index in [4.69, 9.17) is 0 Å². The third-order valence-electron chi connectivity index (χ3n) is 0.471. The minimum absolute atomic E-state index is 1.75. The Labute approximate surface area is 113 Å².